The van der Waals surface area contributed by atoms with Gasteiger partial charge in [0, 0.05) is 0 Å². The summed E-state index contributed by atoms with van der Waals surface area (Å²) in [5.74, 6) is 1.94. The first-order chi connectivity index (χ1) is 7.86. The van der Waals surface area contributed by atoms with Crippen molar-refractivity contribution in [2.75, 3.05) is 6.61 Å². The molecule has 1 aromatic carbocycles. The second-order valence-corrected chi connectivity index (χ2v) is 4.76. The van der Waals surface area contributed by atoms with Crippen LogP contribution in [0.3, 0.4) is 0 Å². The number of rotatable bonds is 3. The number of hydrogen-bond donors (Lipinski definition) is 1. The van der Waals surface area contributed by atoms with Crippen LogP contribution in [0, 0.1) is 12.3 Å². The quantitative estimate of drug-likeness (QED) is 0.815. The lowest BCUT2D eigenvalue weighted by atomic mass is 9.86. The summed E-state index contributed by atoms with van der Waals surface area (Å²) in [4.78, 5) is 10.9. The molecule has 0 bridgehead atoms. The smallest absolute Gasteiger partial charge is 0.335 e. The van der Waals surface area contributed by atoms with Crippen LogP contribution in [-0.4, -0.2) is 17.7 Å². The summed E-state index contributed by atoms with van der Waals surface area (Å²) in [5, 5.41) is 8.93. The molecule has 3 heteroatoms. The Bertz CT molecular complexity index is 461. The van der Waals surface area contributed by atoms with Gasteiger partial charge in [0.05, 0.1) is 5.56 Å². The number of carboxylic acids is 1. The molecule has 0 aromatic heterocycles. The Balaban J connectivity index is 3.22. The van der Waals surface area contributed by atoms with Crippen LogP contribution in [0.25, 0.3) is 0 Å². The van der Waals surface area contributed by atoms with Gasteiger partial charge in [-0.3, -0.25) is 0 Å². The highest BCUT2D eigenvalue weighted by atomic mass is 16.5. The van der Waals surface area contributed by atoms with E-state index in [2.05, 4.69) is 5.92 Å². The number of benzene rings is 1. The monoisotopic (exact) mass is 232 g/mol. The van der Waals surface area contributed by atoms with Gasteiger partial charge < -0.3 is 9.84 Å². The zero-order valence-electron chi connectivity index (χ0n) is 10.3. The Labute approximate surface area is 101 Å². The number of aromatic carboxylic acids is 1. The van der Waals surface area contributed by atoms with Crippen molar-refractivity contribution in [2.24, 2.45) is 0 Å². The number of carbonyl (C=O) groups is 1. The Hall–Kier alpha value is -1.95. The molecule has 0 radical (unpaired) electrons. The van der Waals surface area contributed by atoms with Crippen LogP contribution >= 0.6 is 0 Å². The van der Waals surface area contributed by atoms with E-state index in [0.717, 1.165) is 5.56 Å². The number of terminal acetylenes is 1. The number of ether oxygens (including phenoxy) is 1. The minimum absolute atomic E-state index is 0.124. The normalized spacial score (nSPS) is 10.7. The van der Waals surface area contributed by atoms with E-state index in [1.54, 1.807) is 12.1 Å². The highest BCUT2D eigenvalue weighted by Crippen LogP contribution is 2.32. The van der Waals surface area contributed by atoms with Crippen LogP contribution in [0.15, 0.2) is 18.2 Å². The Morgan fingerprint density at radius 1 is 1.47 bits per heavy atom. The van der Waals surface area contributed by atoms with Gasteiger partial charge in [0.1, 0.15) is 12.4 Å². The van der Waals surface area contributed by atoms with Gasteiger partial charge in [-0.05, 0) is 23.1 Å². The van der Waals surface area contributed by atoms with Crippen LogP contribution in [0.5, 0.6) is 5.75 Å². The first-order valence-electron chi connectivity index (χ1n) is 5.30. The largest absolute Gasteiger partial charge is 0.481 e. The fourth-order valence-corrected chi connectivity index (χ4v) is 1.51. The summed E-state index contributed by atoms with van der Waals surface area (Å²) in [6, 6.07) is 4.86. The van der Waals surface area contributed by atoms with E-state index in [0.29, 0.717) is 5.75 Å². The van der Waals surface area contributed by atoms with E-state index in [-0.39, 0.29) is 17.6 Å². The second kappa shape index (κ2) is 4.92. The van der Waals surface area contributed by atoms with Crippen LogP contribution in [0.4, 0.5) is 0 Å². The predicted octanol–water partition coefficient (Wildman–Crippen LogP) is 2.69. The average Bonchev–Trinajstić information content (AvgIpc) is 2.24. The van der Waals surface area contributed by atoms with E-state index in [1.165, 1.54) is 6.07 Å². The standard InChI is InChI=1S/C14H16O3/c1-5-8-17-12-9-10(13(15)16)6-7-11(12)14(2,3)4/h1,6-7,9H,8H2,2-4H3,(H,15,16). The van der Waals surface area contributed by atoms with E-state index >= 15 is 0 Å². The van der Waals surface area contributed by atoms with Gasteiger partial charge in [-0.15, -0.1) is 6.42 Å². The third kappa shape index (κ3) is 3.25. The van der Waals surface area contributed by atoms with Gasteiger partial charge in [0.15, 0.2) is 0 Å². The topological polar surface area (TPSA) is 46.5 Å². The molecular formula is C14H16O3. The van der Waals surface area contributed by atoms with Crippen molar-refractivity contribution in [1.29, 1.82) is 0 Å². The van der Waals surface area contributed by atoms with E-state index < -0.39 is 5.97 Å². The molecule has 1 N–H and O–H groups in total. The molecule has 1 rings (SSSR count). The molecule has 0 saturated carbocycles. The first kappa shape index (κ1) is 13.1. The van der Waals surface area contributed by atoms with Crippen LogP contribution < -0.4 is 4.74 Å². The lowest BCUT2D eigenvalue weighted by Crippen LogP contribution is -2.14. The molecule has 0 heterocycles. The van der Waals surface area contributed by atoms with Crippen molar-refractivity contribution in [3.8, 4) is 18.1 Å². The highest BCUT2D eigenvalue weighted by Gasteiger charge is 2.20. The maximum absolute atomic E-state index is 10.9. The molecule has 0 saturated heterocycles. The van der Waals surface area contributed by atoms with Gasteiger partial charge in [0.2, 0.25) is 0 Å². The minimum Gasteiger partial charge on any atom is -0.481 e. The van der Waals surface area contributed by atoms with E-state index in [4.69, 9.17) is 16.3 Å². The molecule has 0 atom stereocenters. The molecule has 0 fully saturated rings. The fraction of sp³-hybridized carbons (Fsp3) is 0.357. The molecule has 0 amide bonds. The number of hydrogen-bond acceptors (Lipinski definition) is 2. The minimum atomic E-state index is -0.976. The molecule has 17 heavy (non-hydrogen) atoms. The maximum atomic E-state index is 10.9. The lowest BCUT2D eigenvalue weighted by Gasteiger charge is -2.22. The molecule has 0 aliphatic rings. The fourth-order valence-electron chi connectivity index (χ4n) is 1.51. The molecule has 0 spiro atoms. The predicted molar refractivity (Wildman–Crippen MR) is 66.4 cm³/mol. The summed E-state index contributed by atoms with van der Waals surface area (Å²) >= 11 is 0. The molecule has 0 unspecified atom stereocenters. The Morgan fingerprint density at radius 3 is 2.59 bits per heavy atom. The molecule has 0 aliphatic heterocycles. The Morgan fingerprint density at radius 2 is 2.12 bits per heavy atom. The highest BCUT2D eigenvalue weighted by molar-refractivity contribution is 5.88. The number of carboxylic acid groups (broad SMARTS) is 1. The third-order valence-electron chi connectivity index (χ3n) is 2.35. The zero-order valence-corrected chi connectivity index (χ0v) is 10.3. The van der Waals surface area contributed by atoms with Crippen molar-refractivity contribution in [1.82, 2.24) is 0 Å². The lowest BCUT2D eigenvalue weighted by molar-refractivity contribution is 0.0696. The van der Waals surface area contributed by atoms with Gasteiger partial charge >= 0.3 is 5.97 Å². The first-order valence-corrected chi connectivity index (χ1v) is 5.30. The average molecular weight is 232 g/mol. The summed E-state index contributed by atoms with van der Waals surface area (Å²) in [5.41, 5.74) is 1.02. The molecular weight excluding hydrogens is 216 g/mol. The van der Waals surface area contributed by atoms with Gasteiger partial charge in [-0.2, -0.15) is 0 Å². The molecule has 0 aliphatic carbocycles. The summed E-state index contributed by atoms with van der Waals surface area (Å²) in [7, 11) is 0. The van der Waals surface area contributed by atoms with Crippen molar-refractivity contribution in [3.05, 3.63) is 29.3 Å². The summed E-state index contributed by atoms with van der Waals surface area (Å²) in [6.07, 6.45) is 5.14. The van der Waals surface area contributed by atoms with Crippen molar-refractivity contribution >= 4 is 5.97 Å². The van der Waals surface area contributed by atoms with E-state index in [9.17, 15) is 4.79 Å². The van der Waals surface area contributed by atoms with Gasteiger partial charge in [-0.25, -0.2) is 4.79 Å². The van der Waals surface area contributed by atoms with Crippen molar-refractivity contribution in [2.45, 2.75) is 26.2 Å². The van der Waals surface area contributed by atoms with E-state index in [1.807, 2.05) is 20.8 Å². The SMILES string of the molecule is C#CCOc1cc(C(=O)O)ccc1C(C)(C)C. The third-order valence-corrected chi connectivity index (χ3v) is 2.35. The van der Waals surface area contributed by atoms with Crippen LogP contribution in [0.1, 0.15) is 36.7 Å². The molecule has 1 aromatic rings. The van der Waals surface area contributed by atoms with Gasteiger partial charge in [-0.1, -0.05) is 32.8 Å². The maximum Gasteiger partial charge on any atom is 0.335 e. The van der Waals surface area contributed by atoms with Gasteiger partial charge in [0.25, 0.3) is 0 Å². The van der Waals surface area contributed by atoms with Crippen molar-refractivity contribution < 1.29 is 14.6 Å². The second-order valence-electron chi connectivity index (χ2n) is 4.76. The molecule has 90 valence electrons. The Kier molecular flexibility index (Phi) is 3.80. The van der Waals surface area contributed by atoms with Crippen molar-refractivity contribution in [3.63, 3.8) is 0 Å². The van der Waals surface area contributed by atoms with Crippen LogP contribution in [0.2, 0.25) is 0 Å². The van der Waals surface area contributed by atoms with Crippen LogP contribution in [-0.2, 0) is 5.41 Å². The summed E-state index contributed by atoms with van der Waals surface area (Å²) < 4.78 is 5.40. The zero-order chi connectivity index (χ0) is 13.1. The summed E-state index contributed by atoms with van der Waals surface area (Å²) in [6.45, 7) is 6.23. The molecule has 3 nitrogen and oxygen atoms in total.